The molecule has 0 saturated carbocycles. The zero-order valence-corrected chi connectivity index (χ0v) is 20.2. The summed E-state index contributed by atoms with van der Waals surface area (Å²) in [6.07, 6.45) is 4.32. The Morgan fingerprint density at radius 3 is 2.42 bits per heavy atom. The summed E-state index contributed by atoms with van der Waals surface area (Å²) < 4.78 is 24.7. The van der Waals surface area contributed by atoms with E-state index in [1.165, 1.54) is 10.4 Å². The second-order valence-corrected chi connectivity index (χ2v) is 10.3. The molecule has 180 valence electrons. The molecule has 3 atom stereocenters. The molecule has 1 N–H and O–H groups in total. The minimum Gasteiger partial charge on any atom is -0.465 e. The second kappa shape index (κ2) is 9.78. The maximum atomic E-state index is 11.8. The van der Waals surface area contributed by atoms with Crippen molar-refractivity contribution in [2.45, 2.75) is 89.4 Å². The lowest BCUT2D eigenvalue weighted by Crippen LogP contribution is -2.43. The number of ether oxygens (including phenoxy) is 2. The van der Waals surface area contributed by atoms with Crippen molar-refractivity contribution in [3.05, 3.63) is 47.4 Å². The Bertz CT molecular complexity index is 842. The molecule has 0 bridgehead atoms. The van der Waals surface area contributed by atoms with Gasteiger partial charge in [0.05, 0.1) is 42.7 Å². The molecule has 1 amide bonds. The zero-order chi connectivity index (χ0) is 23.6. The molecule has 4 rings (SSSR count). The predicted octanol–water partition coefficient (Wildman–Crippen LogP) is 4.45. The highest BCUT2D eigenvalue weighted by molar-refractivity contribution is 6.54. The quantitative estimate of drug-likeness (QED) is 0.610. The number of hydrogen-bond donors (Lipinski definition) is 1. The summed E-state index contributed by atoms with van der Waals surface area (Å²) in [5.74, 6) is 0. The van der Waals surface area contributed by atoms with E-state index < -0.39 is 6.09 Å². The Kier molecular flexibility index (Phi) is 7.19. The molecule has 7 nitrogen and oxygen atoms in total. The van der Waals surface area contributed by atoms with E-state index in [9.17, 15) is 9.90 Å². The first-order valence-corrected chi connectivity index (χ1v) is 12.0. The van der Waals surface area contributed by atoms with Crippen LogP contribution < -0.4 is 0 Å². The minimum absolute atomic E-state index is 0.0576. The number of carboxylic acid groups (broad SMARTS) is 1. The highest BCUT2D eigenvalue weighted by atomic mass is 16.7. The van der Waals surface area contributed by atoms with Crippen molar-refractivity contribution in [2.24, 2.45) is 0 Å². The predicted molar refractivity (Wildman–Crippen MR) is 126 cm³/mol. The van der Waals surface area contributed by atoms with Crippen molar-refractivity contribution in [3.8, 4) is 0 Å². The molecular formula is C25H36BNO6. The van der Waals surface area contributed by atoms with Gasteiger partial charge in [0.2, 0.25) is 0 Å². The Hall–Kier alpha value is -1.87. The number of carbonyl (C=O) groups is 1. The van der Waals surface area contributed by atoms with Crippen LogP contribution in [0.5, 0.6) is 0 Å². The van der Waals surface area contributed by atoms with Crippen molar-refractivity contribution in [2.75, 3.05) is 13.2 Å². The standard InChI is InChI=1S/C25H36BNO6/c1-24(2)25(3,4)33-26(32-24)19-10-12-20(13-11-19)30-17-21-22(14-15-27(21)23(28)29)31-16-18-8-6-5-7-9-18/h5-10,20-22H,11-17H2,1-4H3,(H,28,29)/t20?,21-,22+/m0/s1. The Morgan fingerprint density at radius 2 is 1.82 bits per heavy atom. The van der Waals surface area contributed by atoms with Crippen LogP contribution in [-0.4, -0.2) is 65.8 Å². The van der Waals surface area contributed by atoms with Crippen LogP contribution in [-0.2, 0) is 25.4 Å². The van der Waals surface area contributed by atoms with Gasteiger partial charge in [-0.25, -0.2) is 4.79 Å². The second-order valence-electron chi connectivity index (χ2n) is 10.3. The van der Waals surface area contributed by atoms with E-state index in [0.29, 0.717) is 26.2 Å². The van der Waals surface area contributed by atoms with Gasteiger partial charge in [-0.1, -0.05) is 36.4 Å². The molecule has 2 fully saturated rings. The van der Waals surface area contributed by atoms with Crippen molar-refractivity contribution < 1.29 is 28.7 Å². The van der Waals surface area contributed by atoms with Gasteiger partial charge in [-0.15, -0.1) is 0 Å². The summed E-state index contributed by atoms with van der Waals surface area (Å²) in [5.41, 5.74) is 1.57. The lowest BCUT2D eigenvalue weighted by atomic mass is 9.72. The van der Waals surface area contributed by atoms with E-state index in [0.717, 1.165) is 24.8 Å². The van der Waals surface area contributed by atoms with Crippen LogP contribution >= 0.6 is 0 Å². The van der Waals surface area contributed by atoms with Crippen molar-refractivity contribution in [3.63, 3.8) is 0 Å². The van der Waals surface area contributed by atoms with Gasteiger partial charge >= 0.3 is 13.2 Å². The summed E-state index contributed by atoms with van der Waals surface area (Å²) >= 11 is 0. The molecule has 0 spiro atoms. The number of hydrogen-bond acceptors (Lipinski definition) is 5. The number of benzene rings is 1. The van der Waals surface area contributed by atoms with Crippen LogP contribution in [0.3, 0.4) is 0 Å². The molecule has 3 aliphatic rings. The summed E-state index contributed by atoms with van der Waals surface area (Å²) in [5, 5.41) is 9.64. The average molecular weight is 457 g/mol. The molecule has 2 heterocycles. The largest absolute Gasteiger partial charge is 0.490 e. The Labute approximate surface area is 197 Å². The van der Waals surface area contributed by atoms with Crippen molar-refractivity contribution in [1.82, 2.24) is 4.90 Å². The van der Waals surface area contributed by atoms with E-state index in [1.807, 2.05) is 30.3 Å². The van der Waals surface area contributed by atoms with Crippen molar-refractivity contribution in [1.29, 1.82) is 0 Å². The SMILES string of the molecule is CC1(C)OB(C2=CCC(OC[C@H]3[C@H](OCc4ccccc4)CCN3C(=O)O)CC2)OC1(C)C. The van der Waals surface area contributed by atoms with Crippen LogP contribution in [0.1, 0.15) is 58.9 Å². The molecule has 0 aromatic heterocycles. The first-order chi connectivity index (χ1) is 15.7. The molecule has 1 aliphatic carbocycles. The van der Waals surface area contributed by atoms with Gasteiger partial charge in [0.25, 0.3) is 0 Å². The highest BCUT2D eigenvalue weighted by Gasteiger charge is 2.52. The van der Waals surface area contributed by atoms with E-state index in [-0.39, 0.29) is 36.6 Å². The molecule has 2 saturated heterocycles. The van der Waals surface area contributed by atoms with Crippen LogP contribution in [0.4, 0.5) is 4.79 Å². The first-order valence-electron chi connectivity index (χ1n) is 12.0. The Morgan fingerprint density at radius 1 is 1.12 bits per heavy atom. The van der Waals surface area contributed by atoms with Gasteiger partial charge in [-0.3, -0.25) is 0 Å². The lowest BCUT2D eigenvalue weighted by molar-refractivity contribution is -0.0372. The highest BCUT2D eigenvalue weighted by Crippen LogP contribution is 2.40. The summed E-state index contributed by atoms with van der Waals surface area (Å²) in [7, 11) is -0.302. The minimum atomic E-state index is -0.916. The molecule has 33 heavy (non-hydrogen) atoms. The van der Waals surface area contributed by atoms with Gasteiger partial charge in [-0.05, 0) is 64.4 Å². The number of allylic oxidation sites excluding steroid dienone is 1. The zero-order valence-electron chi connectivity index (χ0n) is 20.2. The maximum Gasteiger partial charge on any atom is 0.490 e. The van der Waals surface area contributed by atoms with Crippen LogP contribution in [0, 0.1) is 0 Å². The average Bonchev–Trinajstić information content (AvgIpc) is 3.28. The number of nitrogens with zero attached hydrogens (tertiary/aromatic N) is 1. The summed E-state index contributed by atoms with van der Waals surface area (Å²) in [6, 6.07) is 9.67. The number of likely N-dealkylation sites (tertiary alicyclic amines) is 1. The number of rotatable bonds is 7. The molecule has 8 heteroatoms. The smallest absolute Gasteiger partial charge is 0.465 e. The van der Waals surface area contributed by atoms with Gasteiger partial charge < -0.3 is 28.8 Å². The monoisotopic (exact) mass is 457 g/mol. The van der Waals surface area contributed by atoms with Crippen LogP contribution in [0.25, 0.3) is 0 Å². The van der Waals surface area contributed by atoms with E-state index in [4.69, 9.17) is 18.8 Å². The molecular weight excluding hydrogens is 421 g/mol. The third kappa shape index (κ3) is 5.45. The fraction of sp³-hybridized carbons (Fsp3) is 0.640. The summed E-state index contributed by atoms with van der Waals surface area (Å²) in [4.78, 5) is 13.2. The fourth-order valence-corrected chi connectivity index (χ4v) is 4.66. The van der Waals surface area contributed by atoms with E-state index in [1.54, 1.807) is 0 Å². The molecule has 2 aliphatic heterocycles. The molecule has 1 aromatic carbocycles. The Balaban J connectivity index is 1.31. The lowest BCUT2D eigenvalue weighted by Gasteiger charge is -2.32. The third-order valence-corrected chi connectivity index (χ3v) is 7.49. The first kappa shape index (κ1) is 24.3. The molecule has 0 radical (unpaired) electrons. The van der Waals surface area contributed by atoms with E-state index >= 15 is 0 Å². The van der Waals surface area contributed by atoms with Gasteiger partial charge in [0.15, 0.2) is 0 Å². The topological polar surface area (TPSA) is 77.5 Å². The van der Waals surface area contributed by atoms with Crippen LogP contribution in [0.2, 0.25) is 0 Å². The molecule has 1 unspecified atom stereocenters. The van der Waals surface area contributed by atoms with E-state index in [2.05, 4.69) is 33.8 Å². The van der Waals surface area contributed by atoms with Crippen LogP contribution in [0.15, 0.2) is 41.9 Å². The number of amides is 1. The summed E-state index contributed by atoms with van der Waals surface area (Å²) in [6.45, 7) is 9.54. The fourth-order valence-electron chi connectivity index (χ4n) is 4.66. The third-order valence-electron chi connectivity index (χ3n) is 7.49. The molecule has 1 aromatic rings. The van der Waals surface area contributed by atoms with Crippen molar-refractivity contribution >= 4 is 13.2 Å². The van der Waals surface area contributed by atoms with Gasteiger partial charge in [-0.2, -0.15) is 0 Å². The van der Waals surface area contributed by atoms with Gasteiger partial charge in [0, 0.05) is 6.54 Å². The normalized spacial score (nSPS) is 28.7. The van der Waals surface area contributed by atoms with Gasteiger partial charge in [0.1, 0.15) is 0 Å². The maximum absolute atomic E-state index is 11.8.